The van der Waals surface area contributed by atoms with Gasteiger partial charge >= 0.3 is 0 Å². The predicted octanol–water partition coefficient (Wildman–Crippen LogP) is 3.45. The lowest BCUT2D eigenvalue weighted by Gasteiger charge is -2.42. The highest BCUT2D eigenvalue weighted by molar-refractivity contribution is 5.78. The molecule has 1 aromatic rings. The van der Waals surface area contributed by atoms with E-state index >= 15 is 0 Å². The largest absolute Gasteiger partial charge is 0.467 e. The van der Waals surface area contributed by atoms with Gasteiger partial charge in [0.1, 0.15) is 12.1 Å². The highest BCUT2D eigenvalue weighted by Crippen LogP contribution is 2.45. The number of hydrazine groups is 1. The molecule has 1 N–H and O–H groups in total. The number of nitrogens with one attached hydrogen (secondary N) is 1. The minimum atomic E-state index is 0.202. The van der Waals surface area contributed by atoms with Gasteiger partial charge < -0.3 is 14.4 Å². The van der Waals surface area contributed by atoms with Crippen molar-refractivity contribution in [1.29, 1.82) is 0 Å². The van der Waals surface area contributed by atoms with Gasteiger partial charge in [-0.15, -0.1) is 6.42 Å². The number of likely N-dealkylation sites (N-methyl/N-ethyl adjacent to an activating group) is 1. The number of benzene rings is 1. The first-order chi connectivity index (χ1) is 14.7. The lowest BCUT2D eigenvalue weighted by Crippen LogP contribution is -2.53. The maximum atomic E-state index is 6.03. The summed E-state index contributed by atoms with van der Waals surface area (Å²) < 4.78 is 11.5. The quantitative estimate of drug-likeness (QED) is 0.406. The number of nitrogens with zero attached hydrogens (tertiary/aromatic N) is 3. The lowest BCUT2D eigenvalue weighted by molar-refractivity contribution is 0.0220. The molecule has 1 atom stereocenters. The van der Waals surface area contributed by atoms with Crippen LogP contribution in [0.1, 0.15) is 50.7 Å². The Morgan fingerprint density at radius 1 is 1.27 bits per heavy atom. The molecule has 3 aliphatic rings. The fourth-order valence-electron chi connectivity index (χ4n) is 4.27. The molecule has 0 unspecified atom stereocenters. The maximum Gasteiger partial charge on any atom is 0.189 e. The molecule has 0 radical (unpaired) electrons. The monoisotopic (exact) mass is 408 g/mol. The van der Waals surface area contributed by atoms with Gasteiger partial charge in [0.05, 0.1) is 17.4 Å². The van der Waals surface area contributed by atoms with E-state index in [1.54, 1.807) is 0 Å². The van der Waals surface area contributed by atoms with E-state index in [0.29, 0.717) is 18.6 Å². The van der Waals surface area contributed by atoms with Crippen molar-refractivity contribution in [1.82, 2.24) is 15.3 Å². The molecule has 1 saturated carbocycles. The van der Waals surface area contributed by atoms with E-state index in [1.807, 2.05) is 25.4 Å². The Kier molecular flexibility index (Phi) is 6.61. The van der Waals surface area contributed by atoms with Gasteiger partial charge in [0, 0.05) is 30.2 Å². The van der Waals surface area contributed by atoms with Crippen LogP contribution in [0.4, 0.5) is 0 Å². The Balaban J connectivity index is 1.74. The number of piperidine rings is 1. The molecule has 0 aromatic heterocycles. The summed E-state index contributed by atoms with van der Waals surface area (Å²) in [5, 5.41) is 2.32. The zero-order valence-corrected chi connectivity index (χ0v) is 18.1. The zero-order chi connectivity index (χ0) is 20.9. The first-order valence-electron chi connectivity index (χ1n) is 11.1. The fourth-order valence-corrected chi connectivity index (χ4v) is 4.27. The summed E-state index contributed by atoms with van der Waals surface area (Å²) in [6, 6.07) is 6.36. The van der Waals surface area contributed by atoms with Crippen molar-refractivity contribution in [3.05, 3.63) is 35.0 Å². The molecule has 160 valence electrons. The third-order valence-corrected chi connectivity index (χ3v) is 6.05. The van der Waals surface area contributed by atoms with Crippen LogP contribution in [-0.2, 0) is 4.74 Å². The smallest absolute Gasteiger partial charge is 0.189 e. The third kappa shape index (κ3) is 4.48. The average Bonchev–Trinajstić information content (AvgIpc) is 3.64. The van der Waals surface area contributed by atoms with Crippen molar-refractivity contribution in [2.24, 2.45) is 10.9 Å². The molecule has 2 aliphatic heterocycles. The highest BCUT2D eigenvalue weighted by atomic mass is 16.7. The van der Waals surface area contributed by atoms with Crippen LogP contribution in [0.5, 0.6) is 5.75 Å². The second-order valence-electron chi connectivity index (χ2n) is 8.06. The van der Waals surface area contributed by atoms with E-state index in [4.69, 9.17) is 20.9 Å². The van der Waals surface area contributed by atoms with Crippen LogP contribution < -0.4 is 10.2 Å². The van der Waals surface area contributed by atoms with Crippen LogP contribution in [0.25, 0.3) is 5.70 Å². The molecular formula is C24H32N4O2. The number of hydrogen-bond acceptors (Lipinski definition) is 6. The number of hydrogen-bond donors (Lipinski definition) is 1. The van der Waals surface area contributed by atoms with E-state index in [2.05, 4.69) is 34.2 Å². The van der Waals surface area contributed by atoms with E-state index in [-0.39, 0.29) is 6.79 Å². The first-order valence-corrected chi connectivity index (χ1v) is 11.1. The molecule has 1 aromatic carbocycles. The minimum Gasteiger partial charge on any atom is -0.467 e. The van der Waals surface area contributed by atoms with Gasteiger partial charge in [-0.1, -0.05) is 12.8 Å². The Morgan fingerprint density at radius 2 is 2.13 bits per heavy atom. The highest BCUT2D eigenvalue weighted by Gasteiger charge is 2.36. The summed E-state index contributed by atoms with van der Waals surface area (Å²) >= 11 is 0. The normalized spacial score (nSPS) is 22.0. The van der Waals surface area contributed by atoms with Crippen molar-refractivity contribution in [2.45, 2.75) is 45.6 Å². The molecule has 6 heteroatoms. The van der Waals surface area contributed by atoms with Crippen molar-refractivity contribution >= 4 is 12.0 Å². The van der Waals surface area contributed by atoms with Crippen molar-refractivity contribution in [3.63, 3.8) is 0 Å². The van der Waals surface area contributed by atoms with Gasteiger partial charge in [-0.3, -0.25) is 10.4 Å². The Morgan fingerprint density at radius 3 is 2.87 bits per heavy atom. The van der Waals surface area contributed by atoms with Gasteiger partial charge in [-0.2, -0.15) is 0 Å². The molecule has 6 nitrogen and oxygen atoms in total. The Hall–Kier alpha value is -2.49. The third-order valence-electron chi connectivity index (χ3n) is 6.05. The summed E-state index contributed by atoms with van der Waals surface area (Å²) in [6.45, 7) is 8.28. The van der Waals surface area contributed by atoms with Crippen molar-refractivity contribution < 1.29 is 9.47 Å². The van der Waals surface area contributed by atoms with Crippen LogP contribution in [0.2, 0.25) is 0 Å². The topological polar surface area (TPSA) is 49.3 Å². The van der Waals surface area contributed by atoms with Gasteiger partial charge in [0.15, 0.2) is 6.79 Å². The van der Waals surface area contributed by atoms with Gasteiger partial charge in [-0.05, 0) is 63.9 Å². The number of aliphatic imine (C=N–C) groups is 1. The SMILES string of the molecule is C#Cc1ccc(C2=C(C3CC3)N=CNN2[C@@H]2CCCN(CC)C2)c(OCOCC)c1. The molecule has 2 heterocycles. The Bertz CT molecular complexity index is 853. The van der Waals surface area contributed by atoms with E-state index in [9.17, 15) is 0 Å². The number of terminal acetylenes is 1. The second-order valence-corrected chi connectivity index (χ2v) is 8.06. The second kappa shape index (κ2) is 9.55. The van der Waals surface area contributed by atoms with Crippen LogP contribution >= 0.6 is 0 Å². The van der Waals surface area contributed by atoms with Crippen molar-refractivity contribution in [2.75, 3.05) is 33.0 Å². The van der Waals surface area contributed by atoms with E-state index < -0.39 is 0 Å². The molecule has 4 rings (SSSR count). The van der Waals surface area contributed by atoms with Gasteiger partial charge in [-0.25, -0.2) is 4.99 Å². The van der Waals surface area contributed by atoms with Crippen LogP contribution in [0, 0.1) is 18.3 Å². The van der Waals surface area contributed by atoms with Crippen LogP contribution in [0.15, 0.2) is 28.9 Å². The Labute approximate surface area is 179 Å². The summed E-state index contributed by atoms with van der Waals surface area (Å²) in [5.74, 6) is 3.98. The van der Waals surface area contributed by atoms with Gasteiger partial charge in [0.25, 0.3) is 0 Å². The average molecular weight is 409 g/mol. The molecule has 30 heavy (non-hydrogen) atoms. The van der Waals surface area contributed by atoms with E-state index in [0.717, 1.165) is 47.8 Å². The first kappa shape index (κ1) is 20.8. The summed E-state index contributed by atoms with van der Waals surface area (Å²) in [7, 11) is 0. The van der Waals surface area contributed by atoms with Crippen molar-refractivity contribution in [3.8, 4) is 18.1 Å². The maximum absolute atomic E-state index is 6.03. The number of allylic oxidation sites excluding steroid dienone is 1. The summed E-state index contributed by atoms with van der Waals surface area (Å²) in [4.78, 5) is 7.29. The molecule has 0 bridgehead atoms. The lowest BCUT2D eigenvalue weighted by atomic mass is 9.99. The molecule has 0 spiro atoms. The van der Waals surface area contributed by atoms with Gasteiger partial charge in [0.2, 0.25) is 0 Å². The summed E-state index contributed by atoms with van der Waals surface area (Å²) in [6.07, 6.45) is 12.2. The molecule has 2 fully saturated rings. The number of likely N-dealkylation sites (tertiary alicyclic amines) is 1. The number of ether oxygens (including phenoxy) is 2. The standard InChI is InChI=1S/C24H32N4O2/c1-4-18-9-12-21(22(14-18)30-17-29-6-3)24-23(19-10-11-19)25-16-26-28(24)20-8-7-13-27(5-2)15-20/h1,9,12,14,16,19-20H,5-8,10-11,13,15,17H2,2-3H3,(H,25,26)/t20-/m1/s1. The molecule has 0 amide bonds. The fraction of sp³-hybridized carbons (Fsp3) is 0.542. The molecule has 1 aliphatic carbocycles. The number of rotatable bonds is 8. The molecular weight excluding hydrogens is 376 g/mol. The minimum absolute atomic E-state index is 0.202. The molecule has 1 saturated heterocycles. The van der Waals surface area contributed by atoms with E-state index in [1.165, 1.54) is 25.8 Å². The van der Waals surface area contributed by atoms with Crippen LogP contribution in [-0.4, -0.2) is 55.3 Å². The summed E-state index contributed by atoms with van der Waals surface area (Å²) in [5.41, 5.74) is 7.54. The zero-order valence-electron chi connectivity index (χ0n) is 18.1. The van der Waals surface area contributed by atoms with Crippen LogP contribution in [0.3, 0.4) is 0 Å². The predicted molar refractivity (Wildman–Crippen MR) is 120 cm³/mol.